The van der Waals surface area contributed by atoms with E-state index in [1.807, 2.05) is 30.4 Å². The molecule has 1 aliphatic rings. The highest BCUT2D eigenvalue weighted by Crippen LogP contribution is 2.36. The highest BCUT2D eigenvalue weighted by molar-refractivity contribution is 5.90. The summed E-state index contributed by atoms with van der Waals surface area (Å²) in [5, 5.41) is 0. The fourth-order valence-electron chi connectivity index (χ4n) is 4.21. The van der Waals surface area contributed by atoms with Gasteiger partial charge in [0.15, 0.2) is 0 Å². The largest absolute Gasteiger partial charge is 0.494 e. The lowest BCUT2D eigenvalue weighted by Crippen LogP contribution is -2.04. The summed E-state index contributed by atoms with van der Waals surface area (Å²) < 4.78 is 11.0. The van der Waals surface area contributed by atoms with Gasteiger partial charge in [-0.1, -0.05) is 63.6 Å². The lowest BCUT2D eigenvalue weighted by molar-refractivity contribution is -0.137. The van der Waals surface area contributed by atoms with Crippen molar-refractivity contribution in [2.24, 2.45) is 5.92 Å². The number of rotatable bonds is 11. The molecule has 0 bridgehead atoms. The van der Waals surface area contributed by atoms with E-state index in [0.717, 1.165) is 59.3 Å². The average molecular weight is 473 g/mol. The first-order valence-electron chi connectivity index (χ1n) is 12.6. The van der Waals surface area contributed by atoms with E-state index in [2.05, 4.69) is 51.1 Å². The fraction of sp³-hybridized carbons (Fsp3) is 0.355. The normalized spacial score (nSPS) is 15.3. The van der Waals surface area contributed by atoms with Gasteiger partial charge >= 0.3 is 5.97 Å². The van der Waals surface area contributed by atoms with Crippen LogP contribution < -0.4 is 4.74 Å². The van der Waals surface area contributed by atoms with Gasteiger partial charge in [0.2, 0.25) is 0 Å². The summed E-state index contributed by atoms with van der Waals surface area (Å²) in [6.45, 7) is 9.36. The van der Waals surface area contributed by atoms with E-state index in [0.29, 0.717) is 18.9 Å². The first-order valence-corrected chi connectivity index (χ1v) is 12.6. The minimum Gasteiger partial charge on any atom is -0.494 e. The van der Waals surface area contributed by atoms with Crippen molar-refractivity contribution in [2.75, 3.05) is 13.2 Å². The Morgan fingerprint density at radius 3 is 2.63 bits per heavy atom. The van der Waals surface area contributed by atoms with E-state index in [1.165, 1.54) is 11.6 Å². The zero-order valence-corrected chi connectivity index (χ0v) is 21.3. The van der Waals surface area contributed by atoms with Crippen LogP contribution in [0.15, 0.2) is 60.7 Å². The van der Waals surface area contributed by atoms with Crippen LogP contribution in [0.1, 0.15) is 69.6 Å². The van der Waals surface area contributed by atoms with E-state index in [1.54, 1.807) is 6.92 Å². The Bertz CT molecular complexity index is 1120. The van der Waals surface area contributed by atoms with Crippen molar-refractivity contribution in [1.82, 2.24) is 0 Å². The van der Waals surface area contributed by atoms with Gasteiger partial charge in [-0.2, -0.15) is 0 Å². The third-order valence-corrected chi connectivity index (χ3v) is 6.09. The van der Waals surface area contributed by atoms with Gasteiger partial charge in [-0.25, -0.2) is 4.79 Å². The van der Waals surface area contributed by atoms with Gasteiger partial charge in [0.05, 0.1) is 13.2 Å². The summed E-state index contributed by atoms with van der Waals surface area (Å²) in [5.74, 6) is 0.703. The molecule has 0 spiro atoms. The average Bonchev–Trinajstić information content (AvgIpc) is 2.87. The van der Waals surface area contributed by atoms with Crippen LogP contribution in [0, 0.1) is 5.92 Å². The molecule has 0 aromatic heterocycles. The van der Waals surface area contributed by atoms with Crippen LogP contribution in [0.2, 0.25) is 0 Å². The number of benzene rings is 2. The van der Waals surface area contributed by atoms with Gasteiger partial charge in [0.1, 0.15) is 12.0 Å². The summed E-state index contributed by atoms with van der Waals surface area (Å²) in [5.41, 5.74) is 6.43. The Labute approximate surface area is 209 Å². The molecule has 0 heterocycles. The van der Waals surface area contributed by atoms with E-state index in [4.69, 9.17) is 9.47 Å². The van der Waals surface area contributed by atoms with Gasteiger partial charge in [0, 0.05) is 12.0 Å². The monoisotopic (exact) mass is 472 g/mol. The Morgan fingerprint density at radius 1 is 1.11 bits per heavy atom. The van der Waals surface area contributed by atoms with Crippen molar-refractivity contribution in [3.8, 4) is 16.9 Å². The second-order valence-corrected chi connectivity index (χ2v) is 9.07. The van der Waals surface area contributed by atoms with Crippen LogP contribution in [0.25, 0.3) is 22.8 Å². The Balaban J connectivity index is 2.04. The number of aldehydes is 1. The maximum absolute atomic E-state index is 12.1. The molecule has 0 saturated carbocycles. The Kier molecular flexibility index (Phi) is 9.66. The van der Waals surface area contributed by atoms with Crippen molar-refractivity contribution in [3.63, 3.8) is 0 Å². The second-order valence-electron chi connectivity index (χ2n) is 9.07. The van der Waals surface area contributed by atoms with Gasteiger partial charge in [0.25, 0.3) is 0 Å². The van der Waals surface area contributed by atoms with Gasteiger partial charge in [-0.05, 0) is 83.3 Å². The predicted octanol–water partition coefficient (Wildman–Crippen LogP) is 7.39. The van der Waals surface area contributed by atoms with E-state index in [-0.39, 0.29) is 11.9 Å². The van der Waals surface area contributed by atoms with Crippen LogP contribution >= 0.6 is 0 Å². The fourth-order valence-corrected chi connectivity index (χ4v) is 4.21. The topological polar surface area (TPSA) is 52.6 Å². The molecule has 4 heteroatoms. The van der Waals surface area contributed by atoms with Crippen molar-refractivity contribution in [3.05, 3.63) is 77.4 Å². The second kappa shape index (κ2) is 12.9. The summed E-state index contributed by atoms with van der Waals surface area (Å²) in [6.07, 6.45) is 12.9. The summed E-state index contributed by atoms with van der Waals surface area (Å²) in [7, 11) is 0. The Hall–Kier alpha value is -3.40. The quantitative estimate of drug-likeness (QED) is 0.148. The van der Waals surface area contributed by atoms with Crippen molar-refractivity contribution in [2.45, 2.75) is 52.9 Å². The van der Waals surface area contributed by atoms with Crippen LogP contribution in [0.4, 0.5) is 0 Å². The minimum absolute atomic E-state index is 0.135. The molecule has 3 rings (SSSR count). The molecule has 0 N–H and O–H groups in total. The van der Waals surface area contributed by atoms with Crippen LogP contribution in [-0.4, -0.2) is 25.5 Å². The highest BCUT2D eigenvalue weighted by Gasteiger charge is 2.17. The maximum Gasteiger partial charge on any atom is 0.330 e. The minimum atomic E-state index is -0.372. The smallest absolute Gasteiger partial charge is 0.330 e. The van der Waals surface area contributed by atoms with Crippen molar-refractivity contribution < 1.29 is 19.1 Å². The zero-order chi connectivity index (χ0) is 25.2. The highest BCUT2D eigenvalue weighted by atomic mass is 16.5. The molecule has 0 amide bonds. The number of carbonyl (C=O) groups is 2. The summed E-state index contributed by atoms with van der Waals surface area (Å²) in [4.78, 5) is 23.4. The molecular weight excluding hydrogens is 436 g/mol. The standard InChI is InChI=1S/C31H36O4/c1-5-7-17-35-27-13-15-29(30(20-27)22(3)4)26-11-14-28(24-10-8-9-23(18-24)21-32)25(19-26)12-16-31(33)34-6-2/h8-16,19-23H,5-7,17-18H2,1-4H3/b16-12+. The molecule has 1 unspecified atom stereocenters. The van der Waals surface area contributed by atoms with E-state index >= 15 is 0 Å². The number of hydrogen-bond donors (Lipinski definition) is 0. The van der Waals surface area contributed by atoms with Gasteiger partial charge in [-0.3, -0.25) is 0 Å². The van der Waals surface area contributed by atoms with Crippen molar-refractivity contribution >= 4 is 23.9 Å². The number of allylic oxidation sites excluding steroid dienone is 4. The lowest BCUT2D eigenvalue weighted by Gasteiger charge is -2.19. The molecule has 1 aliphatic carbocycles. The molecule has 0 saturated heterocycles. The van der Waals surface area contributed by atoms with Crippen LogP contribution in [0.3, 0.4) is 0 Å². The molecule has 2 aromatic rings. The number of carbonyl (C=O) groups excluding carboxylic acids is 2. The molecule has 35 heavy (non-hydrogen) atoms. The molecule has 0 fully saturated rings. The molecule has 184 valence electrons. The summed E-state index contributed by atoms with van der Waals surface area (Å²) >= 11 is 0. The molecule has 2 aromatic carbocycles. The molecule has 0 radical (unpaired) electrons. The van der Waals surface area contributed by atoms with Crippen molar-refractivity contribution in [1.29, 1.82) is 0 Å². The lowest BCUT2D eigenvalue weighted by atomic mass is 9.86. The van der Waals surface area contributed by atoms with E-state index in [9.17, 15) is 9.59 Å². The third kappa shape index (κ3) is 7.05. The van der Waals surface area contributed by atoms with E-state index < -0.39 is 0 Å². The van der Waals surface area contributed by atoms with Gasteiger partial charge < -0.3 is 14.3 Å². The number of ether oxygens (including phenoxy) is 2. The maximum atomic E-state index is 12.1. The molecular formula is C31H36O4. The number of esters is 1. The predicted molar refractivity (Wildman–Crippen MR) is 143 cm³/mol. The Morgan fingerprint density at radius 2 is 1.91 bits per heavy atom. The first kappa shape index (κ1) is 26.2. The number of hydrogen-bond acceptors (Lipinski definition) is 4. The first-order chi connectivity index (χ1) is 17.0. The van der Waals surface area contributed by atoms with Crippen LogP contribution in [-0.2, 0) is 14.3 Å². The SMILES string of the molecule is CCCCOc1ccc(-c2ccc(C3=CC=CC(C=O)C3)c(/C=C/C(=O)OCC)c2)c(C(C)C)c1. The number of unbranched alkanes of at least 4 members (excludes halogenated alkanes) is 1. The third-order valence-electron chi connectivity index (χ3n) is 6.09. The molecule has 4 nitrogen and oxygen atoms in total. The van der Waals surface area contributed by atoms with Gasteiger partial charge in [-0.15, -0.1) is 0 Å². The summed E-state index contributed by atoms with van der Waals surface area (Å²) in [6, 6.07) is 12.6. The zero-order valence-electron chi connectivity index (χ0n) is 21.3. The van der Waals surface area contributed by atoms with Crippen LogP contribution in [0.5, 0.6) is 5.75 Å². The molecule has 1 atom stereocenters. The molecule has 0 aliphatic heterocycles.